The number of aromatic carboxylic acids is 1. The minimum Gasteiger partial charge on any atom is -0.507 e. The van der Waals surface area contributed by atoms with Crippen molar-refractivity contribution in [1.82, 2.24) is 5.32 Å². The molecule has 0 spiro atoms. The first-order valence-electron chi connectivity index (χ1n) is 4.62. The number of hydrogen-bond donors (Lipinski definition) is 3. The molecular formula is C10H8F3NO4. The number of carbonyl (C=O) groups excluding carboxylic acids is 1. The molecule has 0 atom stereocenters. The van der Waals surface area contributed by atoms with Gasteiger partial charge in [-0.1, -0.05) is 6.07 Å². The van der Waals surface area contributed by atoms with E-state index in [0.29, 0.717) is 0 Å². The van der Waals surface area contributed by atoms with Gasteiger partial charge in [0, 0.05) is 6.54 Å². The molecule has 0 saturated heterocycles. The molecule has 0 radical (unpaired) electrons. The van der Waals surface area contributed by atoms with Crippen LogP contribution in [-0.2, 0) is 11.3 Å². The summed E-state index contributed by atoms with van der Waals surface area (Å²) < 4.78 is 35.6. The SMILES string of the molecule is O=C(O)c1ccc(CNC(=O)C(F)(F)F)cc1O. The first-order chi connectivity index (χ1) is 8.21. The Kier molecular flexibility index (Phi) is 3.79. The van der Waals surface area contributed by atoms with Crippen LogP contribution in [-0.4, -0.2) is 28.3 Å². The smallest absolute Gasteiger partial charge is 0.471 e. The van der Waals surface area contributed by atoms with Crippen LogP contribution in [0, 0.1) is 0 Å². The van der Waals surface area contributed by atoms with E-state index in [0.717, 1.165) is 12.1 Å². The van der Waals surface area contributed by atoms with E-state index < -0.39 is 30.3 Å². The highest BCUT2D eigenvalue weighted by atomic mass is 19.4. The molecule has 3 N–H and O–H groups in total. The average molecular weight is 263 g/mol. The molecule has 1 amide bonds. The zero-order valence-electron chi connectivity index (χ0n) is 8.78. The second kappa shape index (κ2) is 4.94. The summed E-state index contributed by atoms with van der Waals surface area (Å²) in [4.78, 5) is 21.1. The van der Waals surface area contributed by atoms with Crippen LogP contribution in [0.3, 0.4) is 0 Å². The van der Waals surface area contributed by atoms with Gasteiger partial charge in [-0.2, -0.15) is 13.2 Å². The predicted molar refractivity (Wildman–Crippen MR) is 53.0 cm³/mol. The molecule has 0 aliphatic heterocycles. The van der Waals surface area contributed by atoms with Crippen molar-refractivity contribution in [2.75, 3.05) is 0 Å². The quantitative estimate of drug-likeness (QED) is 0.766. The summed E-state index contributed by atoms with van der Waals surface area (Å²) in [6.45, 7) is -0.466. The Hall–Kier alpha value is -2.25. The monoisotopic (exact) mass is 263 g/mol. The molecule has 1 rings (SSSR count). The van der Waals surface area contributed by atoms with Crippen molar-refractivity contribution < 1.29 is 33.0 Å². The molecule has 5 nitrogen and oxygen atoms in total. The van der Waals surface area contributed by atoms with Gasteiger partial charge in [-0.15, -0.1) is 0 Å². The number of amides is 1. The number of nitrogens with one attached hydrogen (secondary N) is 1. The van der Waals surface area contributed by atoms with Gasteiger partial charge in [0.2, 0.25) is 0 Å². The summed E-state index contributed by atoms with van der Waals surface area (Å²) in [7, 11) is 0. The van der Waals surface area contributed by atoms with Gasteiger partial charge in [0.25, 0.3) is 0 Å². The van der Waals surface area contributed by atoms with Crippen LogP contribution in [0.25, 0.3) is 0 Å². The zero-order chi connectivity index (χ0) is 13.9. The van der Waals surface area contributed by atoms with Gasteiger partial charge in [-0.05, 0) is 17.7 Å². The first kappa shape index (κ1) is 13.8. The van der Waals surface area contributed by atoms with Crippen LogP contribution in [0.5, 0.6) is 5.75 Å². The summed E-state index contributed by atoms with van der Waals surface area (Å²) in [6.07, 6.45) is -4.98. The Morgan fingerprint density at radius 3 is 2.33 bits per heavy atom. The molecule has 1 aromatic carbocycles. The first-order valence-corrected chi connectivity index (χ1v) is 4.62. The van der Waals surface area contributed by atoms with E-state index in [2.05, 4.69) is 0 Å². The van der Waals surface area contributed by atoms with Crippen molar-refractivity contribution in [3.8, 4) is 5.75 Å². The third-order valence-electron chi connectivity index (χ3n) is 2.00. The lowest BCUT2D eigenvalue weighted by Crippen LogP contribution is -2.36. The Morgan fingerprint density at radius 1 is 1.28 bits per heavy atom. The third kappa shape index (κ3) is 3.37. The maximum absolute atomic E-state index is 11.9. The fourth-order valence-electron chi connectivity index (χ4n) is 1.15. The number of aromatic hydroxyl groups is 1. The van der Waals surface area contributed by atoms with Gasteiger partial charge >= 0.3 is 18.1 Å². The molecule has 0 saturated carbocycles. The Morgan fingerprint density at radius 2 is 1.89 bits per heavy atom. The van der Waals surface area contributed by atoms with Crippen LogP contribution in [0.1, 0.15) is 15.9 Å². The van der Waals surface area contributed by atoms with Gasteiger partial charge in [-0.3, -0.25) is 4.79 Å². The third-order valence-corrected chi connectivity index (χ3v) is 2.00. The van der Waals surface area contributed by atoms with E-state index in [9.17, 15) is 27.9 Å². The largest absolute Gasteiger partial charge is 0.507 e. The van der Waals surface area contributed by atoms with Crippen molar-refractivity contribution in [3.63, 3.8) is 0 Å². The fourth-order valence-corrected chi connectivity index (χ4v) is 1.15. The maximum atomic E-state index is 11.9. The lowest BCUT2D eigenvalue weighted by Gasteiger charge is -2.08. The van der Waals surface area contributed by atoms with Crippen molar-refractivity contribution in [1.29, 1.82) is 0 Å². The van der Waals surface area contributed by atoms with Gasteiger partial charge in [0.15, 0.2) is 0 Å². The summed E-state index contributed by atoms with van der Waals surface area (Å²) in [5.74, 6) is -4.05. The predicted octanol–water partition coefficient (Wildman–Crippen LogP) is 1.27. The Labute approximate surface area is 98.8 Å². The molecule has 0 aliphatic rings. The second-order valence-electron chi connectivity index (χ2n) is 3.34. The van der Waals surface area contributed by atoms with Crippen molar-refractivity contribution in [2.45, 2.75) is 12.7 Å². The average Bonchev–Trinajstić information content (AvgIpc) is 2.24. The molecule has 1 aromatic rings. The number of carboxylic acids is 1. The van der Waals surface area contributed by atoms with Gasteiger partial charge in [-0.25, -0.2) is 4.79 Å². The van der Waals surface area contributed by atoms with Gasteiger partial charge in [0.1, 0.15) is 11.3 Å². The maximum Gasteiger partial charge on any atom is 0.471 e. The van der Waals surface area contributed by atoms with E-state index in [1.54, 1.807) is 5.32 Å². The molecule has 0 heterocycles. The number of carboxylic acid groups (broad SMARTS) is 1. The van der Waals surface area contributed by atoms with Crippen molar-refractivity contribution >= 4 is 11.9 Å². The van der Waals surface area contributed by atoms with Crippen LogP contribution in [0.2, 0.25) is 0 Å². The molecule has 0 bridgehead atoms. The number of benzene rings is 1. The van der Waals surface area contributed by atoms with E-state index in [4.69, 9.17) is 5.11 Å². The van der Waals surface area contributed by atoms with E-state index in [1.807, 2.05) is 0 Å². The number of halogens is 3. The van der Waals surface area contributed by atoms with Crippen LogP contribution < -0.4 is 5.32 Å². The Bertz CT molecular complexity index is 485. The Balaban J connectivity index is 2.73. The van der Waals surface area contributed by atoms with E-state index in [-0.39, 0.29) is 11.1 Å². The molecule has 8 heteroatoms. The summed E-state index contributed by atoms with van der Waals surface area (Å²) in [5, 5.41) is 19.5. The molecule has 0 aliphatic carbocycles. The topological polar surface area (TPSA) is 86.6 Å². The molecule has 0 aromatic heterocycles. The normalized spacial score (nSPS) is 11.1. The highest BCUT2D eigenvalue weighted by molar-refractivity contribution is 5.90. The van der Waals surface area contributed by atoms with E-state index >= 15 is 0 Å². The molecular weight excluding hydrogens is 255 g/mol. The van der Waals surface area contributed by atoms with Crippen LogP contribution in [0.4, 0.5) is 13.2 Å². The number of alkyl halides is 3. The summed E-state index contributed by atoms with van der Waals surface area (Å²) in [6, 6.07) is 3.20. The minimum atomic E-state index is -4.98. The van der Waals surface area contributed by atoms with E-state index in [1.165, 1.54) is 6.07 Å². The number of carbonyl (C=O) groups is 2. The highest BCUT2D eigenvalue weighted by Crippen LogP contribution is 2.19. The standard InChI is InChI=1S/C10H8F3NO4/c11-10(12,13)9(18)14-4-5-1-2-6(8(16)17)7(15)3-5/h1-3,15H,4H2,(H,14,18)(H,16,17). The second-order valence-corrected chi connectivity index (χ2v) is 3.34. The zero-order valence-corrected chi connectivity index (χ0v) is 8.78. The summed E-state index contributed by atoms with van der Waals surface area (Å²) >= 11 is 0. The lowest BCUT2D eigenvalue weighted by atomic mass is 10.1. The minimum absolute atomic E-state index is 0.148. The van der Waals surface area contributed by atoms with Crippen LogP contribution in [0.15, 0.2) is 18.2 Å². The number of phenols is 1. The summed E-state index contributed by atoms with van der Waals surface area (Å²) in [5.41, 5.74) is -0.226. The molecule has 0 fully saturated rings. The molecule has 18 heavy (non-hydrogen) atoms. The van der Waals surface area contributed by atoms with Gasteiger partial charge in [0.05, 0.1) is 0 Å². The van der Waals surface area contributed by atoms with Gasteiger partial charge < -0.3 is 15.5 Å². The molecule has 0 unspecified atom stereocenters. The number of hydrogen-bond acceptors (Lipinski definition) is 3. The highest BCUT2D eigenvalue weighted by Gasteiger charge is 2.38. The van der Waals surface area contributed by atoms with Crippen molar-refractivity contribution in [2.24, 2.45) is 0 Å². The molecule has 98 valence electrons. The fraction of sp³-hybridized carbons (Fsp3) is 0.200. The lowest BCUT2D eigenvalue weighted by molar-refractivity contribution is -0.173. The van der Waals surface area contributed by atoms with Crippen molar-refractivity contribution in [3.05, 3.63) is 29.3 Å². The van der Waals surface area contributed by atoms with Crippen LogP contribution >= 0.6 is 0 Å². The number of rotatable bonds is 3.